The summed E-state index contributed by atoms with van der Waals surface area (Å²) >= 11 is 0. The molecule has 19 heteroatoms. The molecule has 0 aromatic rings. The zero-order valence-corrected chi connectivity index (χ0v) is 52.6. The standard InChI is InChI=1S/C60H116O17P2/c1-8-10-11-24-34-41-57(62)70-47-55(77-60(65)44-37-30-23-22-27-33-40-53(7)9-2)49-74-78(66,67)72-45-54(61)46-73-79(68,69)75-50-56(48-71-58(63)42-35-28-20-17-16-19-26-32-39-52(5)6)76-59(64)43-36-29-21-15-13-12-14-18-25-31-38-51(3)4/h51-56,61H,8-50H2,1-7H3,(H,66,67)(H,68,69)/t53?,54-,55+,56+/m0/s1. The van der Waals surface area contributed by atoms with Crippen molar-refractivity contribution >= 4 is 39.5 Å². The van der Waals surface area contributed by atoms with E-state index in [-0.39, 0.29) is 25.7 Å². The molecule has 0 fully saturated rings. The summed E-state index contributed by atoms with van der Waals surface area (Å²) in [5.41, 5.74) is 0. The van der Waals surface area contributed by atoms with E-state index in [1.807, 2.05) is 0 Å². The van der Waals surface area contributed by atoms with E-state index in [9.17, 15) is 43.2 Å². The predicted molar refractivity (Wildman–Crippen MR) is 312 cm³/mol. The molecule has 0 aromatic heterocycles. The predicted octanol–water partition coefficient (Wildman–Crippen LogP) is 15.9. The van der Waals surface area contributed by atoms with Gasteiger partial charge in [-0.25, -0.2) is 9.13 Å². The summed E-state index contributed by atoms with van der Waals surface area (Å²) in [5.74, 6) is 0.0442. The molecule has 0 amide bonds. The first-order valence-corrected chi connectivity index (χ1v) is 34.4. The monoisotopic (exact) mass is 1170 g/mol. The number of unbranched alkanes of at least 4 members (excludes halogenated alkanes) is 25. The Kier molecular flexibility index (Phi) is 50.4. The second-order valence-electron chi connectivity index (χ2n) is 22.9. The average molecular weight is 1170 g/mol. The number of aliphatic hydroxyl groups is 1. The van der Waals surface area contributed by atoms with Crippen LogP contribution < -0.4 is 0 Å². The van der Waals surface area contributed by atoms with Crippen LogP contribution in [0.4, 0.5) is 0 Å². The minimum atomic E-state index is -4.94. The quantitative estimate of drug-likeness (QED) is 0.0222. The van der Waals surface area contributed by atoms with Gasteiger partial charge in [-0.1, -0.05) is 235 Å². The molecular weight excluding hydrogens is 1050 g/mol. The van der Waals surface area contributed by atoms with Crippen LogP contribution in [0.15, 0.2) is 0 Å². The molecule has 0 aliphatic rings. The van der Waals surface area contributed by atoms with Gasteiger partial charge in [-0.3, -0.25) is 37.3 Å². The maximum atomic E-state index is 12.9. The van der Waals surface area contributed by atoms with Crippen LogP contribution in [-0.4, -0.2) is 96.7 Å². The number of rotatable bonds is 58. The van der Waals surface area contributed by atoms with Gasteiger partial charge in [-0.2, -0.15) is 0 Å². The Balaban J connectivity index is 5.20. The lowest BCUT2D eigenvalue weighted by molar-refractivity contribution is -0.161. The van der Waals surface area contributed by atoms with Gasteiger partial charge in [-0.05, 0) is 43.4 Å². The number of esters is 4. The maximum absolute atomic E-state index is 12.9. The first-order chi connectivity index (χ1) is 37.8. The second kappa shape index (κ2) is 51.7. The fourth-order valence-electron chi connectivity index (χ4n) is 8.74. The number of carbonyl (C=O) groups excluding carboxylic acids is 4. The van der Waals surface area contributed by atoms with Crippen molar-refractivity contribution in [1.82, 2.24) is 0 Å². The lowest BCUT2D eigenvalue weighted by atomic mass is 10.00. The Hall–Kier alpha value is -1.94. The van der Waals surface area contributed by atoms with Crippen LogP contribution >= 0.6 is 15.6 Å². The molecule has 0 saturated heterocycles. The number of phosphoric acid groups is 2. The Morgan fingerprint density at radius 1 is 0.367 bits per heavy atom. The molecule has 3 N–H and O–H groups in total. The highest BCUT2D eigenvalue weighted by Gasteiger charge is 2.30. The lowest BCUT2D eigenvalue weighted by Gasteiger charge is -2.21. The summed E-state index contributed by atoms with van der Waals surface area (Å²) in [5, 5.41) is 10.5. The van der Waals surface area contributed by atoms with Crippen molar-refractivity contribution in [3.05, 3.63) is 0 Å². The number of carbonyl (C=O) groups is 4. The van der Waals surface area contributed by atoms with Crippen molar-refractivity contribution in [3.63, 3.8) is 0 Å². The van der Waals surface area contributed by atoms with E-state index in [2.05, 4.69) is 48.5 Å². The van der Waals surface area contributed by atoms with E-state index in [1.165, 1.54) is 89.9 Å². The van der Waals surface area contributed by atoms with E-state index >= 15 is 0 Å². The molecule has 79 heavy (non-hydrogen) atoms. The van der Waals surface area contributed by atoms with Crippen LogP contribution in [0.5, 0.6) is 0 Å². The Morgan fingerprint density at radius 2 is 0.646 bits per heavy atom. The fraction of sp³-hybridized carbons (Fsp3) is 0.933. The van der Waals surface area contributed by atoms with Crippen LogP contribution in [0, 0.1) is 17.8 Å². The van der Waals surface area contributed by atoms with Gasteiger partial charge in [0.15, 0.2) is 12.2 Å². The lowest BCUT2D eigenvalue weighted by Crippen LogP contribution is -2.30. The Labute approximate surface area is 479 Å². The molecule has 0 aliphatic carbocycles. The van der Waals surface area contributed by atoms with Crippen molar-refractivity contribution in [2.75, 3.05) is 39.6 Å². The van der Waals surface area contributed by atoms with E-state index in [1.54, 1.807) is 0 Å². The Morgan fingerprint density at radius 3 is 0.962 bits per heavy atom. The number of hydrogen-bond donors (Lipinski definition) is 3. The fourth-order valence-corrected chi connectivity index (χ4v) is 10.3. The van der Waals surface area contributed by atoms with E-state index in [4.69, 9.17) is 37.0 Å². The molecule has 0 heterocycles. The normalized spacial score (nSPS) is 14.8. The van der Waals surface area contributed by atoms with E-state index in [0.717, 1.165) is 114 Å². The molecule has 0 aromatic carbocycles. The largest absolute Gasteiger partial charge is 0.472 e. The molecule has 3 unspecified atom stereocenters. The van der Waals surface area contributed by atoms with Gasteiger partial charge in [0, 0.05) is 25.7 Å². The van der Waals surface area contributed by atoms with Crippen LogP contribution in [-0.2, 0) is 65.4 Å². The first kappa shape index (κ1) is 77.1. The highest BCUT2D eigenvalue weighted by molar-refractivity contribution is 7.47. The van der Waals surface area contributed by atoms with Gasteiger partial charge in [0.25, 0.3) is 0 Å². The van der Waals surface area contributed by atoms with Crippen LogP contribution in [0.25, 0.3) is 0 Å². The van der Waals surface area contributed by atoms with E-state index < -0.39 is 97.5 Å². The minimum absolute atomic E-state index is 0.101. The van der Waals surface area contributed by atoms with Gasteiger partial charge in [0.1, 0.15) is 19.3 Å². The first-order valence-electron chi connectivity index (χ1n) is 31.4. The molecule has 6 atom stereocenters. The summed E-state index contributed by atoms with van der Waals surface area (Å²) in [6, 6.07) is 0. The molecular formula is C60H116O17P2. The maximum Gasteiger partial charge on any atom is 0.472 e. The molecule has 0 aliphatic heterocycles. The Bertz CT molecular complexity index is 1580. The highest BCUT2D eigenvalue weighted by atomic mass is 31.2. The third kappa shape index (κ3) is 53.8. The number of aliphatic hydroxyl groups excluding tert-OH is 1. The van der Waals surface area contributed by atoms with E-state index in [0.29, 0.717) is 25.7 Å². The smallest absolute Gasteiger partial charge is 0.462 e. The third-order valence-corrected chi connectivity index (χ3v) is 15.9. The van der Waals surface area contributed by atoms with Crippen molar-refractivity contribution in [1.29, 1.82) is 0 Å². The van der Waals surface area contributed by atoms with Gasteiger partial charge >= 0.3 is 39.5 Å². The molecule has 0 rings (SSSR count). The number of phosphoric ester groups is 2. The highest BCUT2D eigenvalue weighted by Crippen LogP contribution is 2.45. The van der Waals surface area contributed by atoms with Crippen LogP contribution in [0.3, 0.4) is 0 Å². The summed E-state index contributed by atoms with van der Waals surface area (Å²) in [7, 11) is -9.87. The molecule has 0 radical (unpaired) electrons. The molecule has 0 bridgehead atoms. The van der Waals surface area contributed by atoms with Gasteiger partial charge in [-0.15, -0.1) is 0 Å². The van der Waals surface area contributed by atoms with Crippen LogP contribution in [0.1, 0.15) is 286 Å². The van der Waals surface area contributed by atoms with Crippen LogP contribution in [0.2, 0.25) is 0 Å². The second-order valence-corrected chi connectivity index (χ2v) is 25.8. The van der Waals surface area contributed by atoms with Gasteiger partial charge < -0.3 is 33.8 Å². The van der Waals surface area contributed by atoms with Gasteiger partial charge in [0.2, 0.25) is 0 Å². The number of hydrogen-bond acceptors (Lipinski definition) is 15. The topological polar surface area (TPSA) is 237 Å². The summed E-state index contributed by atoms with van der Waals surface area (Å²) in [6.45, 7) is 11.6. The number of ether oxygens (including phenoxy) is 4. The summed E-state index contributed by atoms with van der Waals surface area (Å²) < 4.78 is 67.6. The van der Waals surface area contributed by atoms with Crippen molar-refractivity contribution in [3.8, 4) is 0 Å². The average Bonchev–Trinajstić information content (AvgIpc) is 3.40. The SMILES string of the molecule is CCCCCCCC(=O)OC[C@H](COP(=O)(O)OC[C@H](O)COP(=O)(O)OC[C@@H](COC(=O)CCCCCCCCCCC(C)C)OC(=O)CCCCCCCCCCCCC(C)C)OC(=O)CCCCCCCCC(C)CC. The summed E-state index contributed by atoms with van der Waals surface area (Å²) in [4.78, 5) is 71.8. The third-order valence-electron chi connectivity index (χ3n) is 14.0. The zero-order valence-electron chi connectivity index (χ0n) is 50.8. The van der Waals surface area contributed by atoms with Crippen molar-refractivity contribution < 1.29 is 80.2 Å². The molecule has 0 saturated carbocycles. The van der Waals surface area contributed by atoms with Gasteiger partial charge in [0.05, 0.1) is 26.4 Å². The molecule has 0 spiro atoms. The molecule has 468 valence electrons. The molecule has 17 nitrogen and oxygen atoms in total. The van der Waals surface area contributed by atoms with Crippen molar-refractivity contribution in [2.24, 2.45) is 17.8 Å². The zero-order chi connectivity index (χ0) is 58.8. The minimum Gasteiger partial charge on any atom is -0.462 e. The van der Waals surface area contributed by atoms with Crippen molar-refractivity contribution in [2.45, 2.75) is 304 Å². The summed E-state index contributed by atoms with van der Waals surface area (Å²) in [6.07, 6.45) is 31.1.